The SMILES string of the molecule is CCC(Cc1ccccc1Br)C(=O)N1CCC[C@H]1C(=O)O. The van der Waals surface area contributed by atoms with Gasteiger partial charge >= 0.3 is 5.97 Å². The van der Waals surface area contributed by atoms with Gasteiger partial charge in [0.25, 0.3) is 0 Å². The molecule has 0 spiro atoms. The molecular formula is C16H20BrNO3. The second-order valence-corrected chi connectivity index (χ2v) is 6.28. The van der Waals surface area contributed by atoms with E-state index in [0.29, 0.717) is 25.8 Å². The Kier molecular flexibility index (Phi) is 5.39. The number of hydrogen-bond acceptors (Lipinski definition) is 2. The summed E-state index contributed by atoms with van der Waals surface area (Å²) >= 11 is 3.50. The summed E-state index contributed by atoms with van der Waals surface area (Å²) in [6.45, 7) is 2.54. The molecule has 5 heteroatoms. The summed E-state index contributed by atoms with van der Waals surface area (Å²) in [5, 5.41) is 9.22. The number of carboxylic acids is 1. The van der Waals surface area contributed by atoms with Gasteiger partial charge in [-0.3, -0.25) is 4.79 Å². The fourth-order valence-corrected chi connectivity index (χ4v) is 3.30. The molecule has 1 amide bonds. The maximum absolute atomic E-state index is 12.7. The van der Waals surface area contributed by atoms with Gasteiger partial charge in [-0.25, -0.2) is 4.79 Å². The second-order valence-electron chi connectivity index (χ2n) is 5.43. The van der Waals surface area contributed by atoms with Gasteiger partial charge in [0.05, 0.1) is 0 Å². The van der Waals surface area contributed by atoms with E-state index in [9.17, 15) is 14.7 Å². The number of carbonyl (C=O) groups is 2. The number of hydrogen-bond donors (Lipinski definition) is 1. The van der Waals surface area contributed by atoms with E-state index in [2.05, 4.69) is 15.9 Å². The van der Waals surface area contributed by atoms with Crippen molar-refractivity contribution in [1.29, 1.82) is 0 Å². The van der Waals surface area contributed by atoms with E-state index in [4.69, 9.17) is 0 Å². The first kappa shape index (κ1) is 16.0. The maximum atomic E-state index is 12.7. The van der Waals surface area contributed by atoms with Gasteiger partial charge in [-0.05, 0) is 37.3 Å². The van der Waals surface area contributed by atoms with E-state index >= 15 is 0 Å². The van der Waals surface area contributed by atoms with Gasteiger partial charge in [-0.1, -0.05) is 41.1 Å². The first-order valence-electron chi connectivity index (χ1n) is 7.31. The zero-order chi connectivity index (χ0) is 15.4. The lowest BCUT2D eigenvalue weighted by Crippen LogP contribution is -2.43. The molecule has 1 unspecified atom stereocenters. The Morgan fingerprint density at radius 1 is 1.43 bits per heavy atom. The van der Waals surface area contributed by atoms with Crippen LogP contribution in [0.2, 0.25) is 0 Å². The number of likely N-dealkylation sites (tertiary alicyclic amines) is 1. The van der Waals surface area contributed by atoms with Crippen molar-refractivity contribution in [3.63, 3.8) is 0 Å². The van der Waals surface area contributed by atoms with Gasteiger partial charge in [0.15, 0.2) is 0 Å². The van der Waals surface area contributed by atoms with Gasteiger partial charge in [0, 0.05) is 16.9 Å². The van der Waals surface area contributed by atoms with Gasteiger partial charge < -0.3 is 10.0 Å². The van der Waals surface area contributed by atoms with Crippen LogP contribution in [0.3, 0.4) is 0 Å². The van der Waals surface area contributed by atoms with E-state index in [-0.39, 0.29) is 11.8 Å². The zero-order valence-electron chi connectivity index (χ0n) is 12.1. The molecule has 1 aromatic carbocycles. The van der Waals surface area contributed by atoms with Crippen molar-refractivity contribution in [3.8, 4) is 0 Å². The van der Waals surface area contributed by atoms with Crippen LogP contribution in [-0.2, 0) is 16.0 Å². The molecule has 1 heterocycles. The maximum Gasteiger partial charge on any atom is 0.326 e. The fourth-order valence-electron chi connectivity index (χ4n) is 2.86. The normalized spacial score (nSPS) is 19.5. The molecule has 1 N–H and O–H groups in total. The predicted molar refractivity (Wildman–Crippen MR) is 84.0 cm³/mol. The van der Waals surface area contributed by atoms with Crippen LogP contribution < -0.4 is 0 Å². The van der Waals surface area contributed by atoms with Crippen LogP contribution in [0.1, 0.15) is 31.7 Å². The quantitative estimate of drug-likeness (QED) is 0.884. The summed E-state index contributed by atoms with van der Waals surface area (Å²) in [7, 11) is 0. The van der Waals surface area contributed by atoms with Crippen LogP contribution >= 0.6 is 15.9 Å². The van der Waals surface area contributed by atoms with Gasteiger partial charge in [-0.15, -0.1) is 0 Å². The third kappa shape index (κ3) is 3.64. The number of benzene rings is 1. The molecule has 1 aliphatic heterocycles. The van der Waals surface area contributed by atoms with Crippen LogP contribution in [-0.4, -0.2) is 34.5 Å². The molecule has 1 saturated heterocycles. The molecule has 1 aliphatic rings. The topological polar surface area (TPSA) is 57.6 Å². The minimum Gasteiger partial charge on any atom is -0.480 e. The molecular weight excluding hydrogens is 334 g/mol. The fraction of sp³-hybridized carbons (Fsp3) is 0.500. The van der Waals surface area contributed by atoms with Crippen molar-refractivity contribution in [2.24, 2.45) is 5.92 Å². The number of rotatable bonds is 5. The summed E-state index contributed by atoms with van der Waals surface area (Å²) in [6, 6.07) is 7.21. The first-order chi connectivity index (χ1) is 10.0. The van der Waals surface area contributed by atoms with Crippen molar-refractivity contribution in [1.82, 2.24) is 4.90 Å². The van der Waals surface area contributed by atoms with Crippen molar-refractivity contribution in [2.45, 2.75) is 38.6 Å². The Bertz CT molecular complexity index is 532. The highest BCUT2D eigenvalue weighted by molar-refractivity contribution is 9.10. The summed E-state index contributed by atoms with van der Waals surface area (Å²) in [4.78, 5) is 25.4. The average molecular weight is 354 g/mol. The molecule has 2 atom stereocenters. The molecule has 1 fully saturated rings. The summed E-state index contributed by atoms with van der Waals surface area (Å²) < 4.78 is 0.993. The van der Waals surface area contributed by atoms with Crippen LogP contribution in [0.5, 0.6) is 0 Å². The Balaban J connectivity index is 2.12. The number of amides is 1. The average Bonchev–Trinajstić information content (AvgIpc) is 2.95. The molecule has 0 aliphatic carbocycles. The lowest BCUT2D eigenvalue weighted by Gasteiger charge is -2.26. The van der Waals surface area contributed by atoms with E-state index < -0.39 is 12.0 Å². The Hall–Kier alpha value is -1.36. The Morgan fingerprint density at radius 3 is 2.76 bits per heavy atom. The van der Waals surface area contributed by atoms with Crippen LogP contribution in [0, 0.1) is 5.92 Å². The number of nitrogens with zero attached hydrogens (tertiary/aromatic N) is 1. The van der Waals surface area contributed by atoms with Crippen LogP contribution in [0.4, 0.5) is 0 Å². The molecule has 0 aromatic heterocycles. The van der Waals surface area contributed by atoms with Crippen molar-refractivity contribution in [2.75, 3.05) is 6.54 Å². The lowest BCUT2D eigenvalue weighted by atomic mass is 9.95. The smallest absolute Gasteiger partial charge is 0.326 e. The van der Waals surface area contributed by atoms with Crippen LogP contribution in [0.15, 0.2) is 28.7 Å². The van der Waals surface area contributed by atoms with Crippen molar-refractivity contribution in [3.05, 3.63) is 34.3 Å². The highest BCUT2D eigenvalue weighted by Crippen LogP contribution is 2.25. The molecule has 114 valence electrons. The monoisotopic (exact) mass is 353 g/mol. The molecule has 21 heavy (non-hydrogen) atoms. The Morgan fingerprint density at radius 2 is 2.14 bits per heavy atom. The highest BCUT2D eigenvalue weighted by atomic mass is 79.9. The number of halogens is 1. The lowest BCUT2D eigenvalue weighted by molar-refractivity contribution is -0.150. The predicted octanol–water partition coefficient (Wildman–Crippen LogP) is 3.09. The molecule has 2 rings (SSSR count). The summed E-state index contributed by atoms with van der Waals surface area (Å²) in [6.07, 6.45) is 2.68. The molecule has 0 bridgehead atoms. The van der Waals surface area contributed by atoms with Crippen molar-refractivity contribution >= 4 is 27.8 Å². The van der Waals surface area contributed by atoms with Gasteiger partial charge in [0.2, 0.25) is 5.91 Å². The Labute approximate surface area is 133 Å². The summed E-state index contributed by atoms with van der Waals surface area (Å²) in [5.74, 6) is -1.08. The first-order valence-corrected chi connectivity index (χ1v) is 8.10. The standard InChI is InChI=1S/C16H20BrNO3/c1-2-11(10-12-6-3-4-7-13(12)17)15(19)18-9-5-8-14(18)16(20)21/h3-4,6-7,11,14H,2,5,8-10H2,1H3,(H,20,21)/t11?,14-/m0/s1. The second kappa shape index (κ2) is 7.07. The minimum absolute atomic E-state index is 0.0295. The zero-order valence-corrected chi connectivity index (χ0v) is 13.7. The molecule has 0 radical (unpaired) electrons. The molecule has 1 aromatic rings. The summed E-state index contributed by atoms with van der Waals surface area (Å²) in [5.41, 5.74) is 1.09. The van der Waals surface area contributed by atoms with E-state index in [0.717, 1.165) is 16.5 Å². The highest BCUT2D eigenvalue weighted by Gasteiger charge is 2.36. The van der Waals surface area contributed by atoms with E-state index in [1.807, 2.05) is 31.2 Å². The number of carbonyl (C=O) groups excluding carboxylic acids is 1. The van der Waals surface area contributed by atoms with E-state index in [1.165, 1.54) is 0 Å². The number of carboxylic acid groups (broad SMARTS) is 1. The molecule has 0 saturated carbocycles. The van der Waals surface area contributed by atoms with E-state index in [1.54, 1.807) is 4.90 Å². The molecule has 4 nitrogen and oxygen atoms in total. The third-order valence-electron chi connectivity index (χ3n) is 4.09. The minimum atomic E-state index is -0.892. The number of aliphatic carboxylic acids is 1. The van der Waals surface area contributed by atoms with Crippen molar-refractivity contribution < 1.29 is 14.7 Å². The van der Waals surface area contributed by atoms with Crippen LogP contribution in [0.25, 0.3) is 0 Å². The van der Waals surface area contributed by atoms with Gasteiger partial charge in [-0.2, -0.15) is 0 Å². The largest absolute Gasteiger partial charge is 0.480 e. The van der Waals surface area contributed by atoms with Gasteiger partial charge in [0.1, 0.15) is 6.04 Å². The third-order valence-corrected chi connectivity index (χ3v) is 4.86.